The predicted octanol–water partition coefficient (Wildman–Crippen LogP) is 3.13. The van der Waals surface area contributed by atoms with E-state index in [1.807, 2.05) is 32.1 Å². The van der Waals surface area contributed by atoms with E-state index in [0.29, 0.717) is 17.1 Å². The summed E-state index contributed by atoms with van der Waals surface area (Å²) in [5, 5.41) is 0. The van der Waals surface area contributed by atoms with Crippen molar-refractivity contribution in [1.29, 1.82) is 0 Å². The van der Waals surface area contributed by atoms with Crippen LogP contribution in [-0.2, 0) is 4.74 Å². The number of hydrogen-bond acceptors (Lipinski definition) is 4. The molecule has 2 atom stereocenters. The fourth-order valence-electron chi connectivity index (χ4n) is 2.34. The van der Waals surface area contributed by atoms with Gasteiger partial charge in [0, 0.05) is 11.5 Å². The summed E-state index contributed by atoms with van der Waals surface area (Å²) in [5.74, 6) is 0.959. The third kappa shape index (κ3) is 2.30. The Morgan fingerprint density at radius 3 is 2.47 bits per heavy atom. The smallest absolute Gasteiger partial charge is 0.339 e. The molecule has 2 unspecified atom stereocenters. The number of carbonyl (C=O) groups is 1. The second-order valence-corrected chi connectivity index (χ2v) is 4.51. The van der Waals surface area contributed by atoms with Crippen molar-refractivity contribution >= 4 is 5.97 Å². The van der Waals surface area contributed by atoms with E-state index in [2.05, 4.69) is 0 Å². The maximum atomic E-state index is 11.9. The van der Waals surface area contributed by atoms with Gasteiger partial charge >= 0.3 is 5.97 Å². The molecule has 0 saturated heterocycles. The fourth-order valence-corrected chi connectivity index (χ4v) is 2.34. The third-order valence-corrected chi connectivity index (χ3v) is 3.29. The highest BCUT2D eigenvalue weighted by Crippen LogP contribution is 2.42. The highest BCUT2D eigenvalue weighted by atomic mass is 16.6. The first-order valence-corrected chi connectivity index (χ1v) is 6.22. The van der Waals surface area contributed by atoms with Crippen molar-refractivity contribution < 1.29 is 19.0 Å². The van der Waals surface area contributed by atoms with E-state index in [-0.39, 0.29) is 18.0 Å². The summed E-state index contributed by atoms with van der Waals surface area (Å²) in [7, 11) is 3.12. The van der Waals surface area contributed by atoms with Crippen LogP contribution in [0.1, 0.15) is 35.9 Å². The van der Waals surface area contributed by atoms with Gasteiger partial charge in [0.2, 0.25) is 0 Å². The number of esters is 1. The van der Waals surface area contributed by atoms with Crippen LogP contribution in [0.3, 0.4) is 0 Å². The highest BCUT2D eigenvalue weighted by Gasteiger charge is 2.35. The van der Waals surface area contributed by atoms with Crippen LogP contribution in [0.4, 0.5) is 0 Å². The summed E-state index contributed by atoms with van der Waals surface area (Å²) in [6.07, 6.45) is 3.71. The van der Waals surface area contributed by atoms with Crippen molar-refractivity contribution in [2.24, 2.45) is 5.92 Å². The molecule has 4 nitrogen and oxygen atoms in total. The number of ether oxygens (including phenoxy) is 3. The molecule has 1 aliphatic heterocycles. The van der Waals surface area contributed by atoms with Crippen LogP contribution in [0.15, 0.2) is 24.3 Å². The van der Waals surface area contributed by atoms with Gasteiger partial charge in [-0.1, -0.05) is 19.1 Å². The molecule has 0 saturated carbocycles. The third-order valence-electron chi connectivity index (χ3n) is 3.29. The van der Waals surface area contributed by atoms with Crippen LogP contribution in [0.2, 0.25) is 0 Å². The van der Waals surface area contributed by atoms with Crippen LogP contribution in [0, 0.1) is 5.92 Å². The number of hydrogen-bond donors (Lipinski definition) is 0. The van der Waals surface area contributed by atoms with E-state index in [1.165, 1.54) is 0 Å². The zero-order valence-corrected chi connectivity index (χ0v) is 11.6. The van der Waals surface area contributed by atoms with Gasteiger partial charge in [-0.25, -0.2) is 4.79 Å². The topological polar surface area (TPSA) is 44.8 Å². The summed E-state index contributed by atoms with van der Waals surface area (Å²) in [6, 6.07) is 3.50. The lowest BCUT2D eigenvalue weighted by Crippen LogP contribution is -2.07. The molecule has 0 fully saturated rings. The molecule has 2 rings (SSSR count). The molecule has 1 heterocycles. The lowest BCUT2D eigenvalue weighted by molar-refractivity contribution is 0.0309. The summed E-state index contributed by atoms with van der Waals surface area (Å²) in [4.78, 5) is 11.9. The molecule has 0 aliphatic carbocycles. The minimum absolute atomic E-state index is 0.119. The maximum Gasteiger partial charge on any atom is 0.339 e. The van der Waals surface area contributed by atoms with Crippen molar-refractivity contribution in [3.05, 3.63) is 35.4 Å². The lowest BCUT2D eigenvalue weighted by atomic mass is 9.95. The zero-order chi connectivity index (χ0) is 14.0. The van der Waals surface area contributed by atoms with Crippen LogP contribution in [0.25, 0.3) is 0 Å². The van der Waals surface area contributed by atoms with E-state index < -0.39 is 0 Å². The van der Waals surface area contributed by atoms with Gasteiger partial charge in [-0.05, 0) is 19.1 Å². The molecule has 1 aliphatic rings. The molecule has 1 aromatic carbocycles. The van der Waals surface area contributed by atoms with Crippen LogP contribution < -0.4 is 9.47 Å². The Balaban J connectivity index is 2.48. The Hall–Kier alpha value is -1.97. The lowest BCUT2D eigenvalue weighted by Gasteiger charge is -2.16. The molecule has 0 spiro atoms. The number of allylic oxidation sites excluding steroid dienone is 1. The molecule has 0 amide bonds. The fraction of sp³-hybridized carbons (Fsp3) is 0.400. The average Bonchev–Trinajstić information content (AvgIpc) is 2.74. The van der Waals surface area contributed by atoms with E-state index in [4.69, 9.17) is 14.2 Å². The van der Waals surface area contributed by atoms with E-state index in [9.17, 15) is 4.79 Å². The summed E-state index contributed by atoms with van der Waals surface area (Å²) in [6.45, 7) is 3.96. The van der Waals surface area contributed by atoms with Crippen LogP contribution in [-0.4, -0.2) is 20.2 Å². The molecule has 19 heavy (non-hydrogen) atoms. The first-order chi connectivity index (χ1) is 9.12. The normalized spacial score (nSPS) is 19.2. The summed E-state index contributed by atoms with van der Waals surface area (Å²) >= 11 is 0. The first-order valence-electron chi connectivity index (χ1n) is 6.22. The monoisotopic (exact) mass is 262 g/mol. The Morgan fingerprint density at radius 1 is 1.26 bits per heavy atom. The van der Waals surface area contributed by atoms with Crippen molar-refractivity contribution in [1.82, 2.24) is 0 Å². The average molecular weight is 262 g/mol. The van der Waals surface area contributed by atoms with Gasteiger partial charge < -0.3 is 14.2 Å². The molecular weight excluding hydrogens is 244 g/mol. The predicted molar refractivity (Wildman–Crippen MR) is 71.7 cm³/mol. The number of methoxy groups -OCH3 is 2. The Kier molecular flexibility index (Phi) is 3.79. The van der Waals surface area contributed by atoms with Gasteiger partial charge in [0.25, 0.3) is 0 Å². The molecular formula is C15H18O4. The molecule has 102 valence electrons. The SMILES string of the molecule is C/C=C/C(C)C1OC(=O)c2cc(OC)c(OC)cc21. The van der Waals surface area contributed by atoms with Gasteiger partial charge in [-0.15, -0.1) is 0 Å². The minimum Gasteiger partial charge on any atom is -0.493 e. The van der Waals surface area contributed by atoms with Crippen LogP contribution in [0.5, 0.6) is 11.5 Å². The number of carbonyl (C=O) groups excluding carboxylic acids is 1. The van der Waals surface area contributed by atoms with Gasteiger partial charge in [0.05, 0.1) is 19.8 Å². The molecule has 0 radical (unpaired) electrons. The zero-order valence-electron chi connectivity index (χ0n) is 11.6. The van der Waals surface area contributed by atoms with Gasteiger partial charge in [0.1, 0.15) is 6.10 Å². The quantitative estimate of drug-likeness (QED) is 0.617. The van der Waals surface area contributed by atoms with E-state index in [1.54, 1.807) is 20.3 Å². The largest absolute Gasteiger partial charge is 0.493 e. The van der Waals surface area contributed by atoms with Crippen molar-refractivity contribution in [2.75, 3.05) is 14.2 Å². The second kappa shape index (κ2) is 5.34. The molecule has 0 aromatic heterocycles. The van der Waals surface area contributed by atoms with Gasteiger partial charge in [0.15, 0.2) is 11.5 Å². The van der Waals surface area contributed by atoms with Crippen molar-refractivity contribution in [3.8, 4) is 11.5 Å². The second-order valence-electron chi connectivity index (χ2n) is 4.51. The summed E-state index contributed by atoms with van der Waals surface area (Å²) in [5.41, 5.74) is 1.41. The maximum absolute atomic E-state index is 11.9. The van der Waals surface area contributed by atoms with E-state index >= 15 is 0 Å². The van der Waals surface area contributed by atoms with Crippen LogP contribution >= 0.6 is 0 Å². The van der Waals surface area contributed by atoms with Crippen molar-refractivity contribution in [3.63, 3.8) is 0 Å². The Morgan fingerprint density at radius 2 is 1.89 bits per heavy atom. The number of rotatable bonds is 4. The van der Waals surface area contributed by atoms with Gasteiger partial charge in [-0.2, -0.15) is 0 Å². The molecule has 0 bridgehead atoms. The minimum atomic E-state index is -0.308. The Bertz CT molecular complexity index is 519. The van der Waals surface area contributed by atoms with E-state index in [0.717, 1.165) is 5.56 Å². The molecule has 1 aromatic rings. The highest BCUT2D eigenvalue weighted by molar-refractivity contribution is 5.95. The molecule has 4 heteroatoms. The number of benzene rings is 1. The van der Waals surface area contributed by atoms with Gasteiger partial charge in [-0.3, -0.25) is 0 Å². The standard InChI is InChI=1S/C15H18O4/c1-5-6-9(2)14-10-7-12(17-3)13(18-4)8-11(10)15(16)19-14/h5-9,14H,1-4H3/b6-5+. The Labute approximate surface area is 113 Å². The summed E-state index contributed by atoms with van der Waals surface area (Å²) < 4.78 is 15.9. The molecule has 0 N–H and O–H groups in total. The first kappa shape index (κ1) is 13.5. The number of cyclic esters (lactones) is 1. The number of fused-ring (bicyclic) bond motifs is 1. The van der Waals surface area contributed by atoms with Crippen molar-refractivity contribution in [2.45, 2.75) is 20.0 Å².